The van der Waals surface area contributed by atoms with Gasteiger partial charge in [0, 0.05) is 54.8 Å². The van der Waals surface area contributed by atoms with Gasteiger partial charge in [-0.3, -0.25) is 4.68 Å². The first kappa shape index (κ1) is 17.3. The summed E-state index contributed by atoms with van der Waals surface area (Å²) >= 11 is 0. The van der Waals surface area contributed by atoms with Gasteiger partial charge in [0.2, 0.25) is 0 Å². The molecule has 5 heteroatoms. The maximum Gasteiger partial charge on any atom is 0.140 e. The Labute approximate surface area is 165 Å². The summed E-state index contributed by atoms with van der Waals surface area (Å²) < 4.78 is 8.56. The molecule has 0 saturated carbocycles. The number of anilines is 1. The molecule has 1 aromatic heterocycles. The summed E-state index contributed by atoms with van der Waals surface area (Å²) in [6.45, 7) is 4.26. The van der Waals surface area contributed by atoms with Crippen LogP contribution in [-0.2, 0) is 6.42 Å². The normalized spacial score (nSPS) is 19.2. The highest BCUT2D eigenvalue weighted by Gasteiger charge is 2.27. The van der Waals surface area contributed by atoms with Crippen LogP contribution in [0.25, 0.3) is 11.1 Å². The van der Waals surface area contributed by atoms with E-state index in [9.17, 15) is 0 Å². The van der Waals surface area contributed by atoms with Crippen molar-refractivity contribution in [3.8, 4) is 22.6 Å². The molecule has 0 amide bonds. The van der Waals surface area contributed by atoms with Crippen LogP contribution in [0.15, 0.2) is 54.9 Å². The minimum Gasteiger partial charge on any atom is -0.456 e. The van der Waals surface area contributed by atoms with Crippen molar-refractivity contribution in [2.24, 2.45) is 0 Å². The third-order valence-electron chi connectivity index (χ3n) is 6.10. The fourth-order valence-electron chi connectivity index (χ4n) is 4.06. The Morgan fingerprint density at radius 2 is 1.93 bits per heavy atom. The summed E-state index contributed by atoms with van der Waals surface area (Å²) in [4.78, 5) is 2.37. The Morgan fingerprint density at radius 1 is 1.11 bits per heavy atom. The number of nitrogens with one attached hydrogen (secondary N) is 1. The SMILES string of the molecule is CC1CCc2c(ccc(-c3cnn(C4CNC4)c3)c2Oc2ccccc2)N1C. The Hall–Kier alpha value is -2.79. The summed E-state index contributed by atoms with van der Waals surface area (Å²) in [5, 5.41) is 7.92. The van der Waals surface area contributed by atoms with Crippen LogP contribution in [0.2, 0.25) is 0 Å². The molecular formula is C23H26N4O. The lowest BCUT2D eigenvalue weighted by atomic mass is 9.93. The smallest absolute Gasteiger partial charge is 0.140 e. The summed E-state index contributed by atoms with van der Waals surface area (Å²) in [6, 6.07) is 15.5. The highest BCUT2D eigenvalue weighted by molar-refractivity contribution is 5.78. The molecule has 0 aliphatic carbocycles. The van der Waals surface area contributed by atoms with Crippen molar-refractivity contribution < 1.29 is 4.74 Å². The molecule has 1 atom stereocenters. The summed E-state index contributed by atoms with van der Waals surface area (Å²) in [6.07, 6.45) is 6.27. The molecule has 5 rings (SSSR count). The van der Waals surface area contributed by atoms with Gasteiger partial charge in [-0.05, 0) is 44.0 Å². The average molecular weight is 374 g/mol. The number of ether oxygens (including phenoxy) is 1. The van der Waals surface area contributed by atoms with Gasteiger partial charge in [0.1, 0.15) is 11.5 Å². The number of hydrogen-bond acceptors (Lipinski definition) is 4. The number of aromatic nitrogens is 2. The fraction of sp³-hybridized carbons (Fsp3) is 0.348. The minimum atomic E-state index is 0.455. The van der Waals surface area contributed by atoms with Crippen molar-refractivity contribution >= 4 is 5.69 Å². The van der Waals surface area contributed by atoms with Crippen LogP contribution in [-0.4, -0.2) is 36.0 Å². The quantitative estimate of drug-likeness (QED) is 0.741. The number of para-hydroxylation sites is 1. The van der Waals surface area contributed by atoms with Crippen LogP contribution in [0.1, 0.15) is 24.9 Å². The van der Waals surface area contributed by atoms with Gasteiger partial charge in [0.15, 0.2) is 0 Å². The standard InChI is InChI=1S/C23H26N4O/c1-16-8-9-21-22(26(16)2)11-10-20(23(21)28-19-6-4-3-5-7-19)17-12-25-27(15-17)18-13-24-14-18/h3-7,10-12,15-16,18,24H,8-9,13-14H2,1-2H3. The highest BCUT2D eigenvalue weighted by atomic mass is 16.5. The molecule has 3 aromatic rings. The molecular weight excluding hydrogens is 348 g/mol. The van der Waals surface area contributed by atoms with Gasteiger partial charge in [0.25, 0.3) is 0 Å². The second-order valence-electron chi connectivity index (χ2n) is 7.87. The molecule has 0 radical (unpaired) electrons. The van der Waals surface area contributed by atoms with E-state index >= 15 is 0 Å². The van der Waals surface area contributed by atoms with E-state index in [1.807, 2.05) is 36.5 Å². The molecule has 2 aliphatic heterocycles. The molecule has 0 bridgehead atoms. The first-order valence-electron chi connectivity index (χ1n) is 10.1. The Morgan fingerprint density at radius 3 is 2.68 bits per heavy atom. The molecule has 5 nitrogen and oxygen atoms in total. The molecule has 3 heterocycles. The lowest BCUT2D eigenvalue weighted by Crippen LogP contribution is -2.43. The van der Waals surface area contributed by atoms with Crippen LogP contribution in [0, 0.1) is 0 Å². The molecule has 1 unspecified atom stereocenters. The summed E-state index contributed by atoms with van der Waals surface area (Å²) in [5.74, 6) is 1.84. The molecule has 1 saturated heterocycles. The summed E-state index contributed by atoms with van der Waals surface area (Å²) in [5.41, 5.74) is 4.79. The van der Waals surface area contributed by atoms with Crippen LogP contribution >= 0.6 is 0 Å². The number of rotatable bonds is 4. The van der Waals surface area contributed by atoms with E-state index in [4.69, 9.17) is 4.74 Å². The maximum atomic E-state index is 6.48. The van der Waals surface area contributed by atoms with E-state index in [2.05, 4.69) is 52.3 Å². The predicted octanol–water partition coefficient (Wildman–Crippen LogP) is 4.26. The van der Waals surface area contributed by atoms with Crippen molar-refractivity contribution in [3.63, 3.8) is 0 Å². The van der Waals surface area contributed by atoms with Gasteiger partial charge in [-0.2, -0.15) is 5.10 Å². The Bertz CT molecular complexity index is 978. The number of fused-ring (bicyclic) bond motifs is 1. The largest absolute Gasteiger partial charge is 0.456 e. The van der Waals surface area contributed by atoms with Crippen molar-refractivity contribution in [2.75, 3.05) is 25.0 Å². The predicted molar refractivity (Wildman–Crippen MR) is 112 cm³/mol. The van der Waals surface area contributed by atoms with Gasteiger partial charge in [-0.25, -0.2) is 0 Å². The molecule has 144 valence electrons. The Balaban J connectivity index is 1.60. The fourth-order valence-corrected chi connectivity index (χ4v) is 4.06. The lowest BCUT2D eigenvalue weighted by molar-refractivity contribution is 0.318. The highest BCUT2D eigenvalue weighted by Crippen LogP contribution is 2.44. The van der Waals surface area contributed by atoms with Crippen LogP contribution in [0.3, 0.4) is 0 Å². The van der Waals surface area contributed by atoms with Crippen molar-refractivity contribution in [1.29, 1.82) is 0 Å². The number of nitrogens with zero attached hydrogens (tertiary/aromatic N) is 3. The molecule has 28 heavy (non-hydrogen) atoms. The molecule has 1 N–H and O–H groups in total. The van der Waals surface area contributed by atoms with Gasteiger partial charge < -0.3 is 15.0 Å². The number of benzene rings is 2. The van der Waals surface area contributed by atoms with Crippen molar-refractivity contribution in [2.45, 2.75) is 31.8 Å². The first-order valence-corrected chi connectivity index (χ1v) is 10.1. The zero-order valence-electron chi connectivity index (χ0n) is 16.4. The van der Waals surface area contributed by atoms with Gasteiger partial charge >= 0.3 is 0 Å². The van der Waals surface area contributed by atoms with Crippen LogP contribution in [0.4, 0.5) is 5.69 Å². The zero-order valence-corrected chi connectivity index (χ0v) is 16.4. The van der Waals surface area contributed by atoms with E-state index in [-0.39, 0.29) is 0 Å². The maximum absolute atomic E-state index is 6.48. The van der Waals surface area contributed by atoms with E-state index in [1.54, 1.807) is 0 Å². The van der Waals surface area contributed by atoms with E-state index in [0.29, 0.717) is 12.1 Å². The summed E-state index contributed by atoms with van der Waals surface area (Å²) in [7, 11) is 2.18. The molecule has 2 aliphatic rings. The van der Waals surface area contributed by atoms with Gasteiger partial charge in [-0.15, -0.1) is 0 Å². The minimum absolute atomic E-state index is 0.455. The van der Waals surface area contributed by atoms with E-state index in [0.717, 1.165) is 48.6 Å². The molecule has 0 spiro atoms. The second-order valence-corrected chi connectivity index (χ2v) is 7.87. The van der Waals surface area contributed by atoms with Gasteiger partial charge in [0.05, 0.1) is 12.2 Å². The lowest BCUT2D eigenvalue weighted by Gasteiger charge is -2.35. The van der Waals surface area contributed by atoms with Crippen molar-refractivity contribution in [1.82, 2.24) is 15.1 Å². The van der Waals surface area contributed by atoms with Gasteiger partial charge in [-0.1, -0.05) is 18.2 Å². The monoisotopic (exact) mass is 374 g/mol. The molecule has 1 fully saturated rings. The van der Waals surface area contributed by atoms with Crippen molar-refractivity contribution in [3.05, 3.63) is 60.4 Å². The average Bonchev–Trinajstić information content (AvgIpc) is 3.13. The first-order chi connectivity index (χ1) is 13.7. The van der Waals surface area contributed by atoms with Crippen LogP contribution < -0.4 is 15.0 Å². The third-order valence-corrected chi connectivity index (χ3v) is 6.10. The second kappa shape index (κ2) is 6.99. The third kappa shape index (κ3) is 2.96. The van der Waals surface area contributed by atoms with E-state index < -0.39 is 0 Å². The molecule has 2 aromatic carbocycles. The zero-order chi connectivity index (χ0) is 19.1. The van der Waals surface area contributed by atoms with E-state index in [1.165, 1.54) is 11.3 Å². The van der Waals surface area contributed by atoms with Crippen LogP contribution in [0.5, 0.6) is 11.5 Å². The number of hydrogen-bond donors (Lipinski definition) is 1. The Kier molecular flexibility index (Phi) is 4.32. The topological polar surface area (TPSA) is 42.3 Å².